The van der Waals surface area contributed by atoms with E-state index in [1.807, 2.05) is 0 Å². The quantitative estimate of drug-likeness (QED) is 0.133. The van der Waals surface area contributed by atoms with Gasteiger partial charge in [0.25, 0.3) is 0 Å². The molecule has 2 rings (SSSR count). The van der Waals surface area contributed by atoms with E-state index in [0.717, 1.165) is 12.8 Å². The summed E-state index contributed by atoms with van der Waals surface area (Å²) in [5.41, 5.74) is 0. The average molecular weight is 655 g/mol. The van der Waals surface area contributed by atoms with E-state index in [0.29, 0.717) is 30.5 Å². The average Bonchev–Trinajstić information content (AvgIpc) is 3.04. The van der Waals surface area contributed by atoms with Crippen molar-refractivity contribution in [3.63, 3.8) is 0 Å². The number of Topliss-reactive ketones (excluding diaryl/α,β-unsaturated/α-hetero) is 1. The van der Waals surface area contributed by atoms with E-state index >= 15 is 0 Å². The van der Waals surface area contributed by atoms with Gasteiger partial charge >= 0.3 is 0 Å². The third-order valence-electron chi connectivity index (χ3n) is 13.9. The van der Waals surface area contributed by atoms with Gasteiger partial charge in [0, 0.05) is 12.8 Å². The van der Waals surface area contributed by atoms with Crippen LogP contribution in [0.1, 0.15) is 139 Å². The van der Waals surface area contributed by atoms with Gasteiger partial charge in [0.05, 0.1) is 35.0 Å². The van der Waals surface area contributed by atoms with Gasteiger partial charge in [0.2, 0.25) is 0 Å². The highest BCUT2D eigenvalue weighted by atomic mass is 29.9. The van der Waals surface area contributed by atoms with Gasteiger partial charge < -0.3 is 9.53 Å². The van der Waals surface area contributed by atoms with Gasteiger partial charge in [-0.25, -0.2) is 0 Å². The molecule has 0 aromatic carbocycles. The van der Waals surface area contributed by atoms with Crippen molar-refractivity contribution >= 4 is 35.4 Å². The summed E-state index contributed by atoms with van der Waals surface area (Å²) in [7, 11) is -5.25. The van der Waals surface area contributed by atoms with Crippen molar-refractivity contribution in [2.45, 2.75) is 206 Å². The van der Waals surface area contributed by atoms with Gasteiger partial charge in [-0.05, 0) is 37.5 Å². The summed E-state index contributed by atoms with van der Waals surface area (Å²) >= 11 is 0. The van der Waals surface area contributed by atoms with Gasteiger partial charge in [-0.15, -0.1) is 0 Å². The second-order valence-electron chi connectivity index (χ2n) is 14.7. The molecule has 42 heavy (non-hydrogen) atoms. The lowest BCUT2D eigenvalue weighted by Gasteiger charge is -2.65. The topological polar surface area (TPSA) is 46.5 Å². The number of hydrogen-bond acceptors (Lipinski definition) is 3. The fourth-order valence-electron chi connectivity index (χ4n) is 10.8. The summed E-state index contributed by atoms with van der Waals surface area (Å²) in [6, 6.07) is 12.4. The van der Waals surface area contributed by atoms with E-state index in [1.54, 1.807) is 0 Å². The molecule has 248 valence electrons. The van der Waals surface area contributed by atoms with Gasteiger partial charge in [-0.1, -0.05) is 155 Å². The van der Waals surface area contributed by atoms with Gasteiger partial charge in [0.15, 0.2) is 6.87 Å². The Balaban J connectivity index is 2.74. The highest BCUT2D eigenvalue weighted by molar-refractivity contribution is 7.88. The van der Waals surface area contributed by atoms with Gasteiger partial charge in [-0.2, -0.15) is 0 Å². The van der Waals surface area contributed by atoms with Crippen molar-refractivity contribution in [3.8, 4) is 0 Å². The van der Waals surface area contributed by atoms with Crippen molar-refractivity contribution in [1.29, 1.82) is 0 Å². The molecular weight excluding hydrogens is 581 g/mol. The molecule has 0 saturated heterocycles. The van der Waals surface area contributed by atoms with Crippen molar-refractivity contribution in [2.24, 2.45) is 11.8 Å². The number of rotatable bonds is 20. The fraction of sp³-hybridized carbons (Fsp3) is 0.971. The molecule has 3 nitrogen and oxygen atoms in total. The van der Waals surface area contributed by atoms with Crippen molar-refractivity contribution in [2.75, 3.05) is 0 Å². The number of carbonyl (C=O) groups is 1. The fourth-order valence-corrected chi connectivity index (χ4v) is 111. The van der Waals surface area contributed by atoms with Crippen LogP contribution in [0.25, 0.3) is 0 Å². The zero-order valence-electron chi connectivity index (χ0n) is 29.9. The number of carbonyl (C=O) groups excluding carboxylic acids is 1. The molecule has 0 bridgehead atoms. The highest BCUT2D eigenvalue weighted by Gasteiger charge is 2.72. The minimum absolute atomic E-state index is 0.104. The van der Waals surface area contributed by atoms with Gasteiger partial charge in [0.1, 0.15) is 5.78 Å². The van der Waals surface area contributed by atoms with Crippen molar-refractivity contribution in [3.05, 3.63) is 0 Å². The molecule has 0 radical (unpaired) electrons. The maximum Gasteiger partial charge on any atom is 0.160 e. The Morgan fingerprint density at radius 2 is 0.905 bits per heavy atom. The van der Waals surface area contributed by atoms with E-state index < -0.39 is 35.7 Å². The Bertz CT molecular complexity index is 691. The van der Waals surface area contributed by atoms with Gasteiger partial charge in [-0.3, -0.25) is 4.79 Å². The molecule has 2 atom stereocenters. The summed E-state index contributed by atoms with van der Waals surface area (Å²) in [6.07, 6.45) is 12.9. The van der Waals surface area contributed by atoms with Crippen LogP contribution in [0.15, 0.2) is 0 Å². The molecule has 7 heteroatoms. The molecule has 0 heterocycles. The lowest BCUT2D eigenvalue weighted by atomic mass is 9.81. The summed E-state index contributed by atoms with van der Waals surface area (Å²) in [5, 5.41) is 11.2. The monoisotopic (exact) mass is 654 g/mol. The molecule has 1 N–H and O–H groups in total. The van der Waals surface area contributed by atoms with E-state index in [-0.39, 0.29) is 6.10 Å². The second kappa shape index (κ2) is 18.0. The molecule has 2 saturated carbocycles. The van der Waals surface area contributed by atoms with Crippen LogP contribution in [-0.2, 0) is 9.22 Å². The zero-order chi connectivity index (χ0) is 31.4. The first-order valence-corrected chi connectivity index (χ1v) is 31.8. The molecule has 0 aromatic heterocycles. The van der Waals surface area contributed by atoms with Crippen LogP contribution in [0.2, 0.25) is 54.4 Å². The number of aliphatic hydroxyl groups excluding tert-OH is 1. The molecule has 2 aliphatic carbocycles. The van der Waals surface area contributed by atoms with Crippen LogP contribution < -0.4 is 0 Å². The number of hydrogen-bond donors (Lipinski definition) is 1. The molecule has 2 fully saturated rings. The summed E-state index contributed by atoms with van der Waals surface area (Å²) in [5.74, 6) is 1.16. The third kappa shape index (κ3) is 7.53. The molecule has 0 spiro atoms. The predicted molar refractivity (Wildman–Crippen MR) is 196 cm³/mol. The lowest BCUT2D eigenvalue weighted by molar-refractivity contribution is -0.124. The summed E-state index contributed by atoms with van der Waals surface area (Å²) in [6.45, 7) is 20.8. The molecular formula is C35H74O3Si4. The maximum atomic E-state index is 14.0. The van der Waals surface area contributed by atoms with E-state index in [9.17, 15) is 9.90 Å². The third-order valence-corrected chi connectivity index (χ3v) is 83.9. The Kier molecular flexibility index (Phi) is 16.5. The molecule has 0 unspecified atom stereocenters. The van der Waals surface area contributed by atoms with Crippen molar-refractivity contribution in [1.82, 2.24) is 0 Å². The van der Waals surface area contributed by atoms with Crippen LogP contribution in [0.4, 0.5) is 0 Å². The Morgan fingerprint density at radius 1 is 0.571 bits per heavy atom. The minimum Gasteiger partial charge on any atom is -0.422 e. The Morgan fingerprint density at radius 3 is 1.24 bits per heavy atom. The van der Waals surface area contributed by atoms with Crippen LogP contribution in [0.5, 0.6) is 0 Å². The van der Waals surface area contributed by atoms with E-state index in [2.05, 4.69) is 62.3 Å². The van der Waals surface area contributed by atoms with Crippen LogP contribution in [0.3, 0.4) is 0 Å². The Labute approximate surface area is 266 Å². The maximum absolute atomic E-state index is 14.0. The Hall–Kier alpha value is 0.458. The highest BCUT2D eigenvalue weighted by Crippen LogP contribution is 2.52. The lowest BCUT2D eigenvalue weighted by Crippen LogP contribution is -2.90. The van der Waals surface area contributed by atoms with E-state index in [4.69, 9.17) is 4.43 Å². The largest absolute Gasteiger partial charge is 0.422 e. The second-order valence-corrected chi connectivity index (χ2v) is 50.7. The zero-order valence-corrected chi connectivity index (χ0v) is 33.9. The molecule has 0 aliphatic heterocycles. The van der Waals surface area contributed by atoms with Crippen LogP contribution >= 0.6 is 0 Å². The van der Waals surface area contributed by atoms with Crippen molar-refractivity contribution < 1.29 is 14.3 Å². The smallest absolute Gasteiger partial charge is 0.160 e. The normalized spacial score (nSPS) is 20.0. The standard InChI is InChI=1S/C35H74O3Si4/c1-10-39(11-2,12-3)42(40(13-4,14-5)15-6,41(16-7,17-8)18-9)38-35(32-27-23-20-24-28-32)30-33(36)29-34(37)31-25-21-19-22-26-31/h31-32,34-35,37H,10-30H2,1-9H3/t34-,35+/m1/s1. The van der Waals surface area contributed by atoms with Crippen LogP contribution in [0, 0.1) is 11.8 Å². The minimum atomic E-state index is -2.22. The first-order chi connectivity index (χ1) is 20.1. The predicted octanol–water partition coefficient (Wildman–Crippen LogP) is 10.9. The first-order valence-electron chi connectivity index (χ1n) is 19.0. The van der Waals surface area contributed by atoms with Crippen LogP contribution in [-0.4, -0.2) is 52.7 Å². The number of ketones is 1. The van der Waals surface area contributed by atoms with E-state index in [1.165, 1.54) is 106 Å². The number of aliphatic hydroxyl groups is 1. The molecule has 0 aromatic rings. The molecule has 2 aliphatic rings. The molecule has 0 amide bonds. The summed E-state index contributed by atoms with van der Waals surface area (Å²) in [4.78, 5) is 14.0. The first kappa shape index (κ1) is 38.6. The SMILES string of the molecule is CC[Si](CC)(CC)[Si](O[C@@H](CC(=O)C[C@@H](O)C1CCCCC1)C1CCCCC1)([Si](CC)(CC)CC)[Si](CC)(CC)CC. The summed E-state index contributed by atoms with van der Waals surface area (Å²) < 4.78 is 8.51.